The van der Waals surface area contributed by atoms with Crippen LogP contribution in [-0.4, -0.2) is 64.4 Å². The molecular weight excluding hydrogens is 460 g/mol. The standard InChI is InChI=1S/C26H26N6O2S/c1-16-25(29-21-6-4-3-5-20(21)27-16)30-9-11-31(12-10-30)26(34)18-13-24(33)32(15-18)19-7-8-23-22(14-19)28-17(2)35-23/h3-8,14,18H,9-13,15H2,1-2H3. The van der Waals surface area contributed by atoms with E-state index >= 15 is 0 Å². The van der Waals surface area contributed by atoms with Crippen LogP contribution in [0.1, 0.15) is 17.1 Å². The van der Waals surface area contributed by atoms with E-state index in [9.17, 15) is 9.59 Å². The first kappa shape index (κ1) is 21.9. The van der Waals surface area contributed by atoms with Gasteiger partial charge in [0.05, 0.1) is 37.9 Å². The summed E-state index contributed by atoms with van der Waals surface area (Å²) in [6.45, 7) is 7.00. The van der Waals surface area contributed by atoms with Crippen molar-refractivity contribution in [1.82, 2.24) is 19.9 Å². The first-order chi connectivity index (χ1) is 17.0. The molecule has 2 aromatic heterocycles. The van der Waals surface area contributed by atoms with Crippen LogP contribution in [0.2, 0.25) is 0 Å². The molecular formula is C26H26N6O2S. The van der Waals surface area contributed by atoms with E-state index < -0.39 is 0 Å². The van der Waals surface area contributed by atoms with Gasteiger partial charge in [0.1, 0.15) is 0 Å². The average molecular weight is 487 g/mol. The molecule has 0 saturated carbocycles. The van der Waals surface area contributed by atoms with Gasteiger partial charge in [0, 0.05) is 44.8 Å². The van der Waals surface area contributed by atoms with Gasteiger partial charge in [-0.2, -0.15) is 0 Å². The van der Waals surface area contributed by atoms with Gasteiger partial charge in [-0.05, 0) is 44.2 Å². The number of piperazine rings is 1. The molecule has 0 aliphatic carbocycles. The minimum Gasteiger partial charge on any atom is -0.352 e. The van der Waals surface area contributed by atoms with Crippen LogP contribution in [0.5, 0.6) is 0 Å². The van der Waals surface area contributed by atoms with Crippen LogP contribution in [-0.2, 0) is 9.59 Å². The van der Waals surface area contributed by atoms with Crippen LogP contribution in [0, 0.1) is 19.8 Å². The molecule has 35 heavy (non-hydrogen) atoms. The smallest absolute Gasteiger partial charge is 0.228 e. The molecule has 178 valence electrons. The maximum atomic E-state index is 13.3. The first-order valence-electron chi connectivity index (χ1n) is 11.9. The van der Waals surface area contributed by atoms with Gasteiger partial charge in [-0.25, -0.2) is 15.0 Å². The molecule has 0 radical (unpaired) electrons. The third-order valence-corrected chi connectivity index (χ3v) is 7.83. The normalized spacial score (nSPS) is 18.7. The van der Waals surface area contributed by atoms with E-state index in [1.165, 1.54) is 0 Å². The minimum absolute atomic E-state index is 0.00431. The Balaban J connectivity index is 1.12. The SMILES string of the molecule is Cc1nc2cc(N3CC(C(=O)N4CCN(c5nc6ccccc6nc5C)CC4)CC3=O)ccc2s1. The highest BCUT2D eigenvalue weighted by atomic mass is 32.1. The number of anilines is 2. The molecule has 1 atom stereocenters. The lowest BCUT2D eigenvalue weighted by Gasteiger charge is -2.36. The van der Waals surface area contributed by atoms with Crippen molar-refractivity contribution >= 4 is 55.9 Å². The van der Waals surface area contributed by atoms with Crippen molar-refractivity contribution in [3.05, 3.63) is 53.2 Å². The van der Waals surface area contributed by atoms with Gasteiger partial charge in [-0.1, -0.05) is 12.1 Å². The van der Waals surface area contributed by atoms with Crippen LogP contribution in [0.4, 0.5) is 11.5 Å². The van der Waals surface area contributed by atoms with E-state index in [-0.39, 0.29) is 24.2 Å². The van der Waals surface area contributed by atoms with Crippen LogP contribution in [0.3, 0.4) is 0 Å². The lowest BCUT2D eigenvalue weighted by molar-refractivity contribution is -0.136. The molecule has 2 aliphatic heterocycles. The molecule has 2 fully saturated rings. The number of carbonyl (C=O) groups excluding carboxylic acids is 2. The van der Waals surface area contributed by atoms with Gasteiger partial charge in [-0.3, -0.25) is 9.59 Å². The van der Waals surface area contributed by atoms with Crippen LogP contribution in [0.15, 0.2) is 42.5 Å². The number of para-hydroxylation sites is 2. The molecule has 2 aliphatic rings. The number of benzene rings is 2. The number of hydrogen-bond acceptors (Lipinski definition) is 7. The summed E-state index contributed by atoms with van der Waals surface area (Å²) < 4.78 is 1.11. The van der Waals surface area contributed by atoms with E-state index in [1.807, 2.05) is 61.2 Å². The summed E-state index contributed by atoms with van der Waals surface area (Å²) in [4.78, 5) is 46.0. The Morgan fingerprint density at radius 3 is 2.46 bits per heavy atom. The fraction of sp³-hybridized carbons (Fsp3) is 0.346. The second kappa shape index (κ2) is 8.57. The monoisotopic (exact) mass is 486 g/mol. The fourth-order valence-corrected chi connectivity index (χ4v) is 5.90. The molecule has 4 aromatic rings. The second-order valence-corrected chi connectivity index (χ2v) is 10.5. The molecule has 2 amide bonds. The van der Waals surface area contributed by atoms with Crippen molar-refractivity contribution in [3.8, 4) is 0 Å². The zero-order chi connectivity index (χ0) is 24.1. The van der Waals surface area contributed by atoms with E-state index in [0.717, 1.165) is 43.5 Å². The lowest BCUT2D eigenvalue weighted by Crippen LogP contribution is -2.51. The summed E-state index contributed by atoms with van der Waals surface area (Å²) in [5.74, 6) is 0.623. The van der Waals surface area contributed by atoms with Gasteiger partial charge < -0.3 is 14.7 Å². The Morgan fingerprint density at radius 1 is 0.943 bits per heavy atom. The molecule has 1 unspecified atom stereocenters. The van der Waals surface area contributed by atoms with Crippen molar-refractivity contribution in [1.29, 1.82) is 0 Å². The number of amides is 2. The molecule has 2 saturated heterocycles. The molecule has 8 nitrogen and oxygen atoms in total. The van der Waals surface area contributed by atoms with Crippen molar-refractivity contribution in [2.75, 3.05) is 42.5 Å². The van der Waals surface area contributed by atoms with E-state index in [4.69, 9.17) is 9.97 Å². The Bertz CT molecular complexity index is 1460. The maximum Gasteiger partial charge on any atom is 0.228 e. The summed E-state index contributed by atoms with van der Waals surface area (Å²) in [7, 11) is 0. The minimum atomic E-state index is -0.316. The Kier molecular flexibility index (Phi) is 5.36. The van der Waals surface area contributed by atoms with Crippen LogP contribution < -0.4 is 9.80 Å². The second-order valence-electron chi connectivity index (χ2n) is 9.22. The lowest BCUT2D eigenvalue weighted by atomic mass is 10.1. The van der Waals surface area contributed by atoms with Crippen molar-refractivity contribution in [3.63, 3.8) is 0 Å². The zero-order valence-electron chi connectivity index (χ0n) is 19.8. The number of thiazole rings is 1. The Hall–Kier alpha value is -3.59. The number of nitrogens with zero attached hydrogens (tertiary/aromatic N) is 6. The molecule has 9 heteroatoms. The van der Waals surface area contributed by atoms with Gasteiger partial charge in [-0.15, -0.1) is 11.3 Å². The van der Waals surface area contributed by atoms with Gasteiger partial charge in [0.25, 0.3) is 0 Å². The average Bonchev–Trinajstić information content (AvgIpc) is 3.44. The molecule has 0 N–H and O–H groups in total. The van der Waals surface area contributed by atoms with Crippen molar-refractivity contribution < 1.29 is 9.59 Å². The van der Waals surface area contributed by atoms with Crippen LogP contribution >= 0.6 is 11.3 Å². The van der Waals surface area contributed by atoms with Crippen LogP contribution in [0.25, 0.3) is 21.3 Å². The summed E-state index contributed by atoms with van der Waals surface area (Å²) in [5.41, 5.74) is 4.38. The Morgan fingerprint density at radius 2 is 1.69 bits per heavy atom. The number of aromatic nitrogens is 3. The molecule has 0 spiro atoms. The molecule has 4 heterocycles. The third-order valence-electron chi connectivity index (χ3n) is 6.87. The fourth-order valence-electron chi connectivity index (χ4n) is 5.10. The predicted molar refractivity (Wildman–Crippen MR) is 138 cm³/mol. The number of hydrogen-bond donors (Lipinski definition) is 0. The molecule has 6 rings (SSSR count). The van der Waals surface area contributed by atoms with Gasteiger partial charge in [0.15, 0.2) is 5.82 Å². The van der Waals surface area contributed by atoms with Gasteiger partial charge >= 0.3 is 0 Å². The largest absolute Gasteiger partial charge is 0.352 e. The van der Waals surface area contributed by atoms with Crippen molar-refractivity contribution in [2.45, 2.75) is 20.3 Å². The number of rotatable bonds is 3. The molecule has 2 aromatic carbocycles. The molecule has 0 bridgehead atoms. The first-order valence-corrected chi connectivity index (χ1v) is 12.7. The number of carbonyl (C=O) groups is 2. The summed E-state index contributed by atoms with van der Waals surface area (Å²) >= 11 is 1.64. The van der Waals surface area contributed by atoms with E-state index in [1.54, 1.807) is 16.2 Å². The topological polar surface area (TPSA) is 82.5 Å². The Labute approximate surface area is 207 Å². The highest BCUT2D eigenvalue weighted by molar-refractivity contribution is 7.18. The zero-order valence-corrected chi connectivity index (χ0v) is 20.6. The quantitative estimate of drug-likeness (QED) is 0.440. The van der Waals surface area contributed by atoms with Gasteiger partial charge in [0.2, 0.25) is 11.8 Å². The van der Waals surface area contributed by atoms with E-state index in [0.29, 0.717) is 32.7 Å². The summed E-state index contributed by atoms with van der Waals surface area (Å²) in [6, 6.07) is 13.8. The third kappa shape index (κ3) is 3.99. The number of fused-ring (bicyclic) bond motifs is 2. The highest BCUT2D eigenvalue weighted by Crippen LogP contribution is 2.31. The van der Waals surface area contributed by atoms with E-state index in [2.05, 4.69) is 9.88 Å². The maximum absolute atomic E-state index is 13.3. The van der Waals surface area contributed by atoms with Crippen molar-refractivity contribution in [2.24, 2.45) is 5.92 Å². The summed E-state index contributed by atoms with van der Waals surface area (Å²) in [5, 5.41) is 1.00. The number of aryl methyl sites for hydroxylation is 2. The predicted octanol–water partition coefficient (Wildman–Crippen LogP) is 3.56. The summed E-state index contributed by atoms with van der Waals surface area (Å²) in [6.07, 6.45) is 0.252. The highest BCUT2D eigenvalue weighted by Gasteiger charge is 2.38.